The normalized spacial score (nSPS) is 17.4. The first-order valence-corrected chi connectivity index (χ1v) is 4.15. The average molecular weight is 166 g/mol. The van der Waals surface area contributed by atoms with E-state index in [0.717, 1.165) is 25.1 Å². The highest BCUT2D eigenvalue weighted by atomic mass is 19.1. The van der Waals surface area contributed by atoms with Gasteiger partial charge < -0.3 is 5.32 Å². The molecule has 0 amide bonds. The van der Waals surface area contributed by atoms with Gasteiger partial charge in [0.25, 0.3) is 0 Å². The van der Waals surface area contributed by atoms with Crippen LogP contribution in [0.2, 0.25) is 0 Å². The molecule has 1 aromatic heterocycles. The van der Waals surface area contributed by atoms with Crippen LogP contribution in [-0.4, -0.2) is 18.1 Å². The smallest absolute Gasteiger partial charge is 0.144 e. The fourth-order valence-electron chi connectivity index (χ4n) is 1.37. The molecule has 1 saturated heterocycles. The Bertz CT molecular complexity index is 271. The highest BCUT2D eigenvalue weighted by Crippen LogP contribution is 2.14. The number of hydrogen-bond donors (Lipinski definition) is 1. The molecule has 0 atom stereocenters. The van der Waals surface area contributed by atoms with Gasteiger partial charge in [-0.25, -0.2) is 4.39 Å². The summed E-state index contributed by atoms with van der Waals surface area (Å²) in [6, 6.07) is 1.76. The van der Waals surface area contributed by atoms with Gasteiger partial charge in [0.15, 0.2) is 0 Å². The fourth-order valence-corrected chi connectivity index (χ4v) is 1.37. The number of pyridine rings is 1. The lowest BCUT2D eigenvalue weighted by Gasteiger charge is -2.27. The molecule has 0 bridgehead atoms. The van der Waals surface area contributed by atoms with Crippen LogP contribution in [-0.2, 0) is 6.42 Å². The van der Waals surface area contributed by atoms with Crippen molar-refractivity contribution in [2.24, 2.45) is 5.92 Å². The van der Waals surface area contributed by atoms with Crippen molar-refractivity contribution in [3.05, 3.63) is 29.8 Å². The summed E-state index contributed by atoms with van der Waals surface area (Å²) in [6.07, 6.45) is 3.76. The van der Waals surface area contributed by atoms with E-state index in [1.807, 2.05) is 0 Å². The zero-order valence-electron chi connectivity index (χ0n) is 6.76. The number of aromatic nitrogens is 1. The van der Waals surface area contributed by atoms with Gasteiger partial charge in [0.05, 0.1) is 6.20 Å². The molecule has 12 heavy (non-hydrogen) atoms. The summed E-state index contributed by atoms with van der Waals surface area (Å²) in [4.78, 5) is 3.71. The van der Waals surface area contributed by atoms with Crippen LogP contribution in [0.3, 0.4) is 0 Å². The van der Waals surface area contributed by atoms with Crippen molar-refractivity contribution in [1.82, 2.24) is 10.3 Å². The van der Waals surface area contributed by atoms with Gasteiger partial charge in [0.1, 0.15) is 5.82 Å². The predicted molar refractivity (Wildman–Crippen MR) is 44.3 cm³/mol. The molecule has 1 aliphatic heterocycles. The van der Waals surface area contributed by atoms with E-state index >= 15 is 0 Å². The second-order valence-electron chi connectivity index (χ2n) is 3.20. The lowest BCUT2D eigenvalue weighted by atomic mass is 9.95. The zero-order chi connectivity index (χ0) is 8.39. The molecule has 1 aliphatic rings. The van der Waals surface area contributed by atoms with E-state index in [4.69, 9.17) is 0 Å². The third kappa shape index (κ3) is 1.46. The van der Waals surface area contributed by atoms with E-state index in [2.05, 4.69) is 10.3 Å². The molecule has 3 heteroatoms. The van der Waals surface area contributed by atoms with Crippen LogP contribution in [0, 0.1) is 11.7 Å². The first-order valence-electron chi connectivity index (χ1n) is 4.15. The summed E-state index contributed by atoms with van der Waals surface area (Å²) in [5, 5.41) is 3.16. The Morgan fingerprint density at radius 1 is 1.58 bits per heavy atom. The number of nitrogens with zero attached hydrogens (tertiary/aromatic N) is 1. The van der Waals surface area contributed by atoms with Gasteiger partial charge in [0.2, 0.25) is 0 Å². The Morgan fingerprint density at radius 2 is 2.42 bits per heavy atom. The van der Waals surface area contributed by atoms with E-state index in [0.29, 0.717) is 5.92 Å². The summed E-state index contributed by atoms with van der Waals surface area (Å²) < 4.78 is 13.0. The molecular weight excluding hydrogens is 155 g/mol. The van der Waals surface area contributed by atoms with Crippen LogP contribution in [0.25, 0.3) is 0 Å². The summed E-state index contributed by atoms with van der Waals surface area (Å²) >= 11 is 0. The quantitative estimate of drug-likeness (QED) is 0.708. The predicted octanol–water partition coefficient (Wildman–Crippen LogP) is 0.983. The monoisotopic (exact) mass is 166 g/mol. The van der Waals surface area contributed by atoms with Crippen molar-refractivity contribution < 1.29 is 4.39 Å². The molecule has 0 radical (unpaired) electrons. The van der Waals surface area contributed by atoms with Gasteiger partial charge in [-0.15, -0.1) is 0 Å². The fraction of sp³-hybridized carbons (Fsp3) is 0.444. The molecule has 2 nitrogen and oxygen atoms in total. The second kappa shape index (κ2) is 3.19. The Balaban J connectivity index is 2.06. The van der Waals surface area contributed by atoms with Crippen molar-refractivity contribution >= 4 is 0 Å². The van der Waals surface area contributed by atoms with E-state index in [1.54, 1.807) is 12.3 Å². The van der Waals surface area contributed by atoms with Crippen LogP contribution in [0.15, 0.2) is 18.5 Å². The van der Waals surface area contributed by atoms with Crippen LogP contribution < -0.4 is 5.32 Å². The zero-order valence-corrected chi connectivity index (χ0v) is 6.76. The third-order valence-electron chi connectivity index (χ3n) is 2.23. The minimum absolute atomic E-state index is 0.176. The largest absolute Gasteiger partial charge is 0.316 e. The second-order valence-corrected chi connectivity index (χ2v) is 3.20. The molecule has 1 aromatic rings. The molecule has 0 spiro atoms. The highest BCUT2D eigenvalue weighted by molar-refractivity contribution is 5.14. The molecular formula is C9H11FN2. The van der Waals surface area contributed by atoms with Gasteiger partial charge in [0, 0.05) is 6.20 Å². The topological polar surface area (TPSA) is 24.9 Å². The molecule has 0 saturated carbocycles. The van der Waals surface area contributed by atoms with E-state index in [-0.39, 0.29) is 5.82 Å². The first kappa shape index (κ1) is 7.68. The number of nitrogens with one attached hydrogen (secondary N) is 1. The summed E-state index contributed by atoms with van der Waals surface area (Å²) in [6.45, 7) is 2.03. The van der Waals surface area contributed by atoms with Crippen LogP contribution in [0.1, 0.15) is 5.56 Å². The molecule has 0 aromatic carbocycles. The number of halogens is 1. The molecule has 1 N–H and O–H groups in total. The maximum absolute atomic E-state index is 13.0. The van der Waals surface area contributed by atoms with Gasteiger partial charge >= 0.3 is 0 Å². The Hall–Kier alpha value is -0.960. The maximum atomic E-state index is 13.0. The van der Waals surface area contributed by atoms with Gasteiger partial charge in [-0.3, -0.25) is 4.98 Å². The lowest BCUT2D eigenvalue weighted by Crippen LogP contribution is -2.43. The van der Waals surface area contributed by atoms with E-state index < -0.39 is 0 Å². The van der Waals surface area contributed by atoms with Crippen LogP contribution in [0.5, 0.6) is 0 Å². The Morgan fingerprint density at radius 3 is 3.00 bits per heavy atom. The van der Waals surface area contributed by atoms with Crippen LogP contribution in [0.4, 0.5) is 4.39 Å². The lowest BCUT2D eigenvalue weighted by molar-refractivity contribution is 0.342. The molecule has 0 aliphatic carbocycles. The standard InChI is InChI=1S/C9H11FN2/c10-9-6-11-2-1-8(9)3-7-4-12-5-7/h1-2,6-7,12H,3-5H2. The summed E-state index contributed by atoms with van der Waals surface area (Å²) in [7, 11) is 0. The van der Waals surface area contributed by atoms with Crippen molar-refractivity contribution in [2.75, 3.05) is 13.1 Å². The minimum Gasteiger partial charge on any atom is -0.316 e. The first-order chi connectivity index (χ1) is 5.86. The molecule has 2 rings (SSSR count). The third-order valence-corrected chi connectivity index (χ3v) is 2.23. The van der Waals surface area contributed by atoms with Crippen LogP contribution >= 0.6 is 0 Å². The van der Waals surface area contributed by atoms with Crippen molar-refractivity contribution in [3.63, 3.8) is 0 Å². The van der Waals surface area contributed by atoms with E-state index in [1.165, 1.54) is 6.20 Å². The SMILES string of the molecule is Fc1cnccc1CC1CNC1. The van der Waals surface area contributed by atoms with Gasteiger partial charge in [-0.1, -0.05) is 0 Å². The van der Waals surface area contributed by atoms with Crippen molar-refractivity contribution in [2.45, 2.75) is 6.42 Å². The van der Waals surface area contributed by atoms with Gasteiger partial charge in [-0.05, 0) is 37.1 Å². The van der Waals surface area contributed by atoms with Gasteiger partial charge in [-0.2, -0.15) is 0 Å². The maximum Gasteiger partial charge on any atom is 0.144 e. The van der Waals surface area contributed by atoms with Crippen molar-refractivity contribution in [3.8, 4) is 0 Å². The minimum atomic E-state index is -0.176. The average Bonchev–Trinajstić information content (AvgIpc) is 2.00. The number of hydrogen-bond acceptors (Lipinski definition) is 2. The Kier molecular flexibility index (Phi) is 2.04. The summed E-state index contributed by atoms with van der Waals surface area (Å²) in [5.74, 6) is 0.436. The molecule has 1 fully saturated rings. The molecule has 2 heterocycles. The Labute approximate surface area is 70.8 Å². The van der Waals surface area contributed by atoms with Crippen molar-refractivity contribution in [1.29, 1.82) is 0 Å². The molecule has 64 valence electrons. The van der Waals surface area contributed by atoms with E-state index in [9.17, 15) is 4.39 Å². The molecule has 0 unspecified atom stereocenters. The summed E-state index contributed by atoms with van der Waals surface area (Å²) in [5.41, 5.74) is 0.788. The number of rotatable bonds is 2. The highest BCUT2D eigenvalue weighted by Gasteiger charge is 2.18.